The van der Waals surface area contributed by atoms with Crippen molar-refractivity contribution >= 4 is 51.4 Å². The average Bonchev–Trinajstić information content (AvgIpc) is 3.17. The molecule has 0 aliphatic heterocycles. The van der Waals surface area contributed by atoms with Crippen molar-refractivity contribution in [1.82, 2.24) is 4.98 Å². The fraction of sp³-hybridized carbons (Fsp3) is 0.0417. The monoisotopic (exact) mass is 478 g/mol. The van der Waals surface area contributed by atoms with E-state index in [0.717, 1.165) is 17.1 Å². The number of nitrogens with zero attached hydrogens (tertiary/aromatic N) is 1. The smallest absolute Gasteiger partial charge is 0.325 e. The van der Waals surface area contributed by atoms with Gasteiger partial charge in [-0.3, -0.25) is 10.1 Å². The highest BCUT2D eigenvalue weighted by atomic mass is 35.5. The number of amides is 3. The number of para-hydroxylation sites is 1. The van der Waals surface area contributed by atoms with E-state index in [0.29, 0.717) is 37.8 Å². The van der Waals surface area contributed by atoms with E-state index in [9.17, 15) is 9.59 Å². The van der Waals surface area contributed by atoms with E-state index >= 15 is 0 Å². The van der Waals surface area contributed by atoms with Gasteiger partial charge in [-0.05, 0) is 67.6 Å². The molecule has 4 rings (SSSR count). The molecule has 0 radical (unpaired) electrons. The molecule has 166 valence electrons. The molecule has 0 saturated heterocycles. The molecule has 4 aromatic rings. The van der Waals surface area contributed by atoms with Crippen molar-refractivity contribution in [3.05, 3.63) is 94.5 Å². The third-order valence-corrected chi connectivity index (χ3v) is 5.74. The van der Waals surface area contributed by atoms with Crippen molar-refractivity contribution in [3.8, 4) is 11.5 Å². The van der Waals surface area contributed by atoms with Crippen LogP contribution in [0.2, 0.25) is 5.02 Å². The summed E-state index contributed by atoms with van der Waals surface area (Å²) in [4.78, 5) is 29.6. The van der Waals surface area contributed by atoms with Gasteiger partial charge in [-0.25, -0.2) is 9.78 Å². The van der Waals surface area contributed by atoms with Crippen LogP contribution in [-0.4, -0.2) is 16.9 Å². The largest absolute Gasteiger partial charge is 0.457 e. The van der Waals surface area contributed by atoms with Crippen LogP contribution in [0.3, 0.4) is 0 Å². The van der Waals surface area contributed by atoms with Crippen LogP contribution in [0, 0.1) is 6.92 Å². The van der Waals surface area contributed by atoms with E-state index in [-0.39, 0.29) is 5.91 Å². The highest BCUT2D eigenvalue weighted by Crippen LogP contribution is 2.26. The first-order valence-electron chi connectivity index (χ1n) is 9.91. The fourth-order valence-electron chi connectivity index (χ4n) is 2.87. The van der Waals surface area contributed by atoms with Crippen LogP contribution in [0.5, 0.6) is 11.5 Å². The topological polar surface area (TPSA) is 92.4 Å². The Labute approximate surface area is 199 Å². The summed E-state index contributed by atoms with van der Waals surface area (Å²) < 4.78 is 5.76. The molecular weight excluding hydrogens is 460 g/mol. The maximum atomic E-state index is 12.7. The van der Waals surface area contributed by atoms with Crippen LogP contribution in [0.4, 0.5) is 21.3 Å². The van der Waals surface area contributed by atoms with E-state index in [2.05, 4.69) is 20.9 Å². The standard InChI is InChI=1S/C24H19ClN4O3S/c1-15-21(33-24(26-15)29-23(31)28-18-9-7-16(25)8-10-18)22(30)27-17-11-13-20(14-12-17)32-19-5-3-2-4-6-19/h2-14H,1H3,(H,27,30)(H2,26,28,29,31). The average molecular weight is 479 g/mol. The molecule has 0 aliphatic carbocycles. The predicted octanol–water partition coefficient (Wildman–Crippen LogP) is 6.79. The first-order valence-corrected chi connectivity index (χ1v) is 11.1. The summed E-state index contributed by atoms with van der Waals surface area (Å²) >= 11 is 6.94. The van der Waals surface area contributed by atoms with Crippen LogP contribution < -0.4 is 20.7 Å². The van der Waals surface area contributed by atoms with Crippen LogP contribution in [0.25, 0.3) is 0 Å². The second-order valence-electron chi connectivity index (χ2n) is 6.91. The zero-order chi connectivity index (χ0) is 23.2. The number of urea groups is 1. The Morgan fingerprint density at radius 2 is 1.42 bits per heavy atom. The minimum absolute atomic E-state index is 0.312. The summed E-state index contributed by atoms with van der Waals surface area (Å²) in [5, 5.41) is 9.05. The molecule has 0 aliphatic rings. The van der Waals surface area contributed by atoms with E-state index in [4.69, 9.17) is 16.3 Å². The summed E-state index contributed by atoms with van der Waals surface area (Å²) in [6.07, 6.45) is 0. The van der Waals surface area contributed by atoms with Gasteiger partial charge < -0.3 is 15.4 Å². The van der Waals surface area contributed by atoms with Crippen LogP contribution in [0.15, 0.2) is 78.9 Å². The number of aromatic nitrogens is 1. The van der Waals surface area contributed by atoms with Crippen LogP contribution >= 0.6 is 22.9 Å². The van der Waals surface area contributed by atoms with E-state index in [1.54, 1.807) is 55.5 Å². The number of ether oxygens (including phenoxy) is 1. The van der Waals surface area contributed by atoms with E-state index in [1.807, 2.05) is 30.3 Å². The number of hydrogen-bond donors (Lipinski definition) is 3. The molecule has 3 amide bonds. The minimum atomic E-state index is -0.466. The molecule has 3 N–H and O–H groups in total. The summed E-state index contributed by atoms with van der Waals surface area (Å²) in [6, 6.07) is 22.7. The lowest BCUT2D eigenvalue weighted by atomic mass is 10.3. The van der Waals surface area contributed by atoms with Crippen molar-refractivity contribution in [1.29, 1.82) is 0 Å². The van der Waals surface area contributed by atoms with Crippen molar-refractivity contribution < 1.29 is 14.3 Å². The molecule has 9 heteroatoms. The van der Waals surface area contributed by atoms with Gasteiger partial charge in [-0.2, -0.15) is 0 Å². The van der Waals surface area contributed by atoms with Gasteiger partial charge in [0.2, 0.25) is 0 Å². The first-order chi connectivity index (χ1) is 16.0. The highest BCUT2D eigenvalue weighted by molar-refractivity contribution is 7.17. The van der Waals surface area contributed by atoms with Gasteiger partial charge in [-0.1, -0.05) is 41.1 Å². The summed E-state index contributed by atoms with van der Waals surface area (Å²) in [5.41, 5.74) is 1.72. The Morgan fingerprint density at radius 1 is 0.818 bits per heavy atom. The molecule has 3 aromatic carbocycles. The number of hydrogen-bond acceptors (Lipinski definition) is 5. The molecule has 0 bridgehead atoms. The highest BCUT2D eigenvalue weighted by Gasteiger charge is 2.17. The number of carbonyl (C=O) groups excluding carboxylic acids is 2. The number of thiazole rings is 1. The first kappa shape index (κ1) is 22.3. The second kappa shape index (κ2) is 10.2. The maximum absolute atomic E-state index is 12.7. The molecular formula is C24H19ClN4O3S. The molecule has 0 atom stereocenters. The molecule has 0 fully saturated rings. The fourth-order valence-corrected chi connectivity index (χ4v) is 3.85. The SMILES string of the molecule is Cc1nc(NC(=O)Nc2ccc(Cl)cc2)sc1C(=O)Nc1ccc(Oc2ccccc2)cc1. The third-order valence-electron chi connectivity index (χ3n) is 4.42. The molecule has 0 unspecified atom stereocenters. The molecule has 7 nitrogen and oxygen atoms in total. The summed E-state index contributed by atoms with van der Waals surface area (Å²) in [6.45, 7) is 1.71. The van der Waals surface area contributed by atoms with Gasteiger partial charge in [0.25, 0.3) is 5.91 Å². The van der Waals surface area contributed by atoms with Gasteiger partial charge in [0, 0.05) is 16.4 Å². The number of nitrogens with one attached hydrogen (secondary N) is 3. The quantitative estimate of drug-likeness (QED) is 0.284. The van der Waals surface area contributed by atoms with Gasteiger partial charge in [0.1, 0.15) is 16.4 Å². The van der Waals surface area contributed by atoms with Crippen molar-refractivity contribution in [2.24, 2.45) is 0 Å². The zero-order valence-electron chi connectivity index (χ0n) is 17.5. The number of aryl methyl sites for hydroxylation is 1. The van der Waals surface area contributed by atoms with Crippen LogP contribution in [-0.2, 0) is 0 Å². The molecule has 1 heterocycles. The molecule has 33 heavy (non-hydrogen) atoms. The predicted molar refractivity (Wildman–Crippen MR) is 132 cm³/mol. The molecule has 0 spiro atoms. The lowest BCUT2D eigenvalue weighted by Gasteiger charge is -2.07. The number of rotatable bonds is 6. The third kappa shape index (κ3) is 6.09. The van der Waals surface area contributed by atoms with Crippen molar-refractivity contribution in [2.75, 3.05) is 16.0 Å². The number of benzene rings is 3. The summed E-state index contributed by atoms with van der Waals surface area (Å²) in [7, 11) is 0. The van der Waals surface area contributed by atoms with E-state index in [1.165, 1.54) is 0 Å². The Hall–Kier alpha value is -3.88. The minimum Gasteiger partial charge on any atom is -0.457 e. The van der Waals surface area contributed by atoms with Gasteiger partial charge in [0.15, 0.2) is 5.13 Å². The molecule has 1 aromatic heterocycles. The maximum Gasteiger partial charge on any atom is 0.325 e. The lowest BCUT2D eigenvalue weighted by molar-refractivity contribution is 0.102. The Bertz CT molecular complexity index is 1260. The van der Waals surface area contributed by atoms with Gasteiger partial charge in [-0.15, -0.1) is 0 Å². The Morgan fingerprint density at radius 3 is 2.12 bits per heavy atom. The summed E-state index contributed by atoms with van der Waals surface area (Å²) in [5.74, 6) is 1.08. The number of carbonyl (C=O) groups is 2. The van der Waals surface area contributed by atoms with Crippen molar-refractivity contribution in [3.63, 3.8) is 0 Å². The number of halogens is 1. The van der Waals surface area contributed by atoms with Crippen molar-refractivity contribution in [2.45, 2.75) is 6.92 Å². The normalized spacial score (nSPS) is 10.4. The Balaban J connectivity index is 1.35. The Kier molecular flexibility index (Phi) is 6.87. The van der Waals surface area contributed by atoms with E-state index < -0.39 is 6.03 Å². The van der Waals surface area contributed by atoms with Crippen LogP contribution in [0.1, 0.15) is 15.4 Å². The number of anilines is 3. The molecule has 0 saturated carbocycles. The second-order valence-corrected chi connectivity index (χ2v) is 8.35. The van der Waals surface area contributed by atoms with Gasteiger partial charge in [0.05, 0.1) is 5.69 Å². The van der Waals surface area contributed by atoms with Gasteiger partial charge >= 0.3 is 6.03 Å². The lowest BCUT2D eigenvalue weighted by Crippen LogP contribution is -2.19. The zero-order valence-corrected chi connectivity index (χ0v) is 19.0.